The molecule has 0 radical (unpaired) electrons. The van der Waals surface area contributed by atoms with E-state index in [-0.39, 0.29) is 18.2 Å². The van der Waals surface area contributed by atoms with Gasteiger partial charge in [0.1, 0.15) is 0 Å². The van der Waals surface area contributed by atoms with Crippen LogP contribution in [0.2, 0.25) is 10.0 Å². The fraction of sp³-hybridized carbons (Fsp3) is 0.500. The summed E-state index contributed by atoms with van der Waals surface area (Å²) in [6, 6.07) is 4.75. The van der Waals surface area contributed by atoms with Crippen LogP contribution in [0.15, 0.2) is 22.5 Å². The molecule has 1 aliphatic heterocycles. The maximum atomic E-state index is 12.9. The Morgan fingerprint density at radius 2 is 2.17 bits per heavy atom. The topological polar surface area (TPSA) is 92.3 Å². The lowest BCUT2D eigenvalue weighted by atomic mass is 9.99. The van der Waals surface area contributed by atoms with Crippen LogP contribution in [0.5, 0.6) is 0 Å². The van der Waals surface area contributed by atoms with Crippen LogP contribution in [0, 0.1) is 5.92 Å². The number of hydrogen-bond donors (Lipinski definition) is 1. The molecule has 0 aliphatic carbocycles. The third-order valence-corrected chi connectivity index (χ3v) is 9.13. The monoisotopic (exact) mass is 508 g/mol. The first kappa shape index (κ1) is 23.7. The van der Waals surface area contributed by atoms with Crippen LogP contribution in [0.1, 0.15) is 31.7 Å². The van der Waals surface area contributed by atoms with Crippen LogP contribution in [0.3, 0.4) is 0 Å². The zero-order valence-electron chi connectivity index (χ0n) is 16.3. The van der Waals surface area contributed by atoms with E-state index in [0.717, 1.165) is 16.5 Å². The molecule has 1 atom stereocenters. The lowest BCUT2D eigenvalue weighted by Gasteiger charge is -2.31. The molecule has 1 aromatic carbocycles. The predicted molar refractivity (Wildman–Crippen MR) is 123 cm³/mol. The molecule has 1 saturated heterocycles. The maximum absolute atomic E-state index is 12.9. The normalized spacial score (nSPS) is 17.8. The Hall–Kier alpha value is -0.910. The van der Waals surface area contributed by atoms with E-state index < -0.39 is 15.9 Å². The number of aromatic nitrogens is 2. The third-order valence-electron chi connectivity index (χ3n) is 4.57. The van der Waals surface area contributed by atoms with Crippen LogP contribution in [0.4, 0.5) is 5.13 Å². The number of amides is 1. The number of carbonyl (C=O) groups is 1. The minimum Gasteiger partial charge on any atom is -0.300 e. The molecular formula is C18H22Cl2N4O3S3. The van der Waals surface area contributed by atoms with Crippen molar-refractivity contribution in [3.63, 3.8) is 0 Å². The first-order chi connectivity index (χ1) is 14.3. The Bertz CT molecular complexity index is 1000. The molecule has 7 nitrogen and oxygen atoms in total. The van der Waals surface area contributed by atoms with Crippen molar-refractivity contribution in [1.29, 1.82) is 0 Å². The van der Waals surface area contributed by atoms with Gasteiger partial charge in [-0.05, 0) is 37.0 Å². The van der Waals surface area contributed by atoms with Crippen LogP contribution >= 0.6 is 46.3 Å². The van der Waals surface area contributed by atoms with Crippen LogP contribution in [0.25, 0.3) is 0 Å². The van der Waals surface area contributed by atoms with E-state index in [1.807, 2.05) is 0 Å². The molecule has 2 heterocycles. The average Bonchev–Trinajstić information content (AvgIpc) is 3.16. The van der Waals surface area contributed by atoms with Crippen LogP contribution < -0.4 is 5.32 Å². The highest BCUT2D eigenvalue weighted by Gasteiger charge is 2.33. The van der Waals surface area contributed by atoms with Gasteiger partial charge in [-0.3, -0.25) is 4.79 Å². The van der Waals surface area contributed by atoms with Gasteiger partial charge in [-0.15, -0.1) is 10.2 Å². The van der Waals surface area contributed by atoms with Gasteiger partial charge in [-0.25, -0.2) is 12.7 Å². The molecule has 30 heavy (non-hydrogen) atoms. The average molecular weight is 510 g/mol. The van der Waals surface area contributed by atoms with Gasteiger partial charge in [0.05, 0.1) is 11.7 Å². The number of piperidine rings is 1. The van der Waals surface area contributed by atoms with Gasteiger partial charge in [0.25, 0.3) is 0 Å². The Morgan fingerprint density at radius 3 is 2.90 bits per heavy atom. The minimum absolute atomic E-state index is 0.135. The van der Waals surface area contributed by atoms with Crippen molar-refractivity contribution in [2.24, 2.45) is 5.92 Å². The maximum Gasteiger partial charge on any atom is 0.230 e. The zero-order chi connectivity index (χ0) is 21.7. The molecule has 1 aliphatic rings. The van der Waals surface area contributed by atoms with Crippen LogP contribution in [-0.4, -0.2) is 47.7 Å². The molecule has 1 amide bonds. The van der Waals surface area contributed by atoms with E-state index in [4.69, 9.17) is 23.2 Å². The molecule has 1 fully saturated rings. The van der Waals surface area contributed by atoms with Crippen molar-refractivity contribution >= 4 is 67.4 Å². The standard InChI is InChI=1S/C18H22Cl2N4O3S3/c1-2-8-28-18-23-22-17(29-18)21-16(25)12-4-3-7-24(10-12)30(26,27)11-13-5-6-14(19)9-15(13)20/h5-6,9,12H,2-4,7-8,10-11H2,1H3,(H,21,22,25)/t12-/m0/s1. The molecule has 0 bridgehead atoms. The van der Waals surface area contributed by atoms with Crippen molar-refractivity contribution in [3.05, 3.63) is 33.8 Å². The molecule has 1 N–H and O–H groups in total. The summed E-state index contributed by atoms with van der Waals surface area (Å²) in [5.41, 5.74) is 0.485. The fourth-order valence-electron chi connectivity index (χ4n) is 3.05. The summed E-state index contributed by atoms with van der Waals surface area (Å²) in [6.07, 6.45) is 2.26. The Morgan fingerprint density at radius 1 is 1.37 bits per heavy atom. The number of anilines is 1. The highest BCUT2D eigenvalue weighted by molar-refractivity contribution is 8.01. The summed E-state index contributed by atoms with van der Waals surface area (Å²) in [4.78, 5) is 12.7. The molecule has 164 valence electrons. The summed E-state index contributed by atoms with van der Waals surface area (Å²) < 4.78 is 28.0. The van der Waals surface area contributed by atoms with Gasteiger partial charge in [0, 0.05) is 28.9 Å². The van der Waals surface area contributed by atoms with Gasteiger partial charge in [0.15, 0.2) is 4.34 Å². The Kier molecular flexibility index (Phi) is 8.39. The van der Waals surface area contributed by atoms with Gasteiger partial charge in [0.2, 0.25) is 21.1 Å². The predicted octanol–water partition coefficient (Wildman–Crippen LogP) is 4.53. The summed E-state index contributed by atoms with van der Waals surface area (Å²) >= 11 is 14.9. The largest absolute Gasteiger partial charge is 0.300 e. The second-order valence-corrected chi connectivity index (χ2v) is 12.0. The van der Waals surface area contributed by atoms with E-state index in [9.17, 15) is 13.2 Å². The fourth-order valence-corrected chi connectivity index (χ4v) is 6.93. The number of halogens is 2. The smallest absolute Gasteiger partial charge is 0.230 e. The Balaban J connectivity index is 1.62. The van der Waals surface area contributed by atoms with Crippen molar-refractivity contribution in [1.82, 2.24) is 14.5 Å². The number of hydrogen-bond acceptors (Lipinski definition) is 7. The van der Waals surface area contributed by atoms with E-state index in [0.29, 0.717) is 40.1 Å². The Labute approximate surface area is 194 Å². The number of sulfonamides is 1. The molecule has 1 aromatic heterocycles. The van der Waals surface area contributed by atoms with Crippen LogP contribution in [-0.2, 0) is 20.6 Å². The number of nitrogens with one attached hydrogen (secondary N) is 1. The zero-order valence-corrected chi connectivity index (χ0v) is 20.3. The SMILES string of the molecule is CCCSc1nnc(NC(=O)[C@H]2CCCN(S(=O)(=O)Cc3ccc(Cl)cc3Cl)C2)s1. The lowest BCUT2D eigenvalue weighted by molar-refractivity contribution is -0.120. The molecule has 0 spiro atoms. The van der Waals surface area contributed by atoms with Crippen molar-refractivity contribution < 1.29 is 13.2 Å². The summed E-state index contributed by atoms with van der Waals surface area (Å²) in [5, 5.41) is 12.0. The van der Waals surface area contributed by atoms with E-state index in [1.165, 1.54) is 21.7 Å². The third kappa shape index (κ3) is 6.30. The van der Waals surface area contributed by atoms with Crippen molar-refractivity contribution in [2.75, 3.05) is 24.2 Å². The van der Waals surface area contributed by atoms with Gasteiger partial charge in [-0.1, -0.05) is 59.3 Å². The second-order valence-electron chi connectivity index (χ2n) is 6.90. The van der Waals surface area contributed by atoms with Crippen molar-refractivity contribution in [3.8, 4) is 0 Å². The highest BCUT2D eigenvalue weighted by atomic mass is 35.5. The minimum atomic E-state index is -3.62. The van der Waals surface area contributed by atoms with Crippen molar-refractivity contribution in [2.45, 2.75) is 36.3 Å². The quantitative estimate of drug-likeness (QED) is 0.415. The molecule has 3 rings (SSSR count). The second kappa shape index (κ2) is 10.6. The van der Waals surface area contributed by atoms with E-state index in [1.54, 1.807) is 23.9 Å². The summed E-state index contributed by atoms with van der Waals surface area (Å²) in [5.74, 6) is 0.0361. The van der Waals surface area contributed by atoms with Gasteiger partial charge < -0.3 is 5.32 Å². The number of benzene rings is 1. The summed E-state index contributed by atoms with van der Waals surface area (Å²) in [6.45, 7) is 2.60. The van der Waals surface area contributed by atoms with E-state index in [2.05, 4.69) is 22.4 Å². The molecule has 2 aromatic rings. The number of carbonyl (C=O) groups excluding carboxylic acids is 1. The van der Waals surface area contributed by atoms with Gasteiger partial charge >= 0.3 is 0 Å². The molecule has 12 heteroatoms. The first-order valence-corrected chi connectivity index (χ1v) is 13.6. The van der Waals surface area contributed by atoms with E-state index >= 15 is 0 Å². The molecular weight excluding hydrogens is 487 g/mol. The lowest BCUT2D eigenvalue weighted by Crippen LogP contribution is -2.44. The summed E-state index contributed by atoms with van der Waals surface area (Å²) in [7, 11) is -3.62. The molecule has 0 saturated carbocycles. The van der Waals surface area contributed by atoms with Gasteiger partial charge in [-0.2, -0.15) is 0 Å². The number of rotatable bonds is 8. The number of thioether (sulfide) groups is 1. The number of nitrogens with zero attached hydrogens (tertiary/aromatic N) is 3. The highest BCUT2D eigenvalue weighted by Crippen LogP contribution is 2.29. The molecule has 0 unspecified atom stereocenters. The first-order valence-electron chi connectivity index (χ1n) is 9.47.